The summed E-state index contributed by atoms with van der Waals surface area (Å²) in [6, 6.07) is 8.00. The molecule has 1 aliphatic rings. The maximum absolute atomic E-state index is 12.2. The van der Waals surface area contributed by atoms with Gasteiger partial charge >= 0.3 is 0 Å². The molecule has 2 aromatic rings. The van der Waals surface area contributed by atoms with Crippen LogP contribution in [0.4, 0.5) is 0 Å². The first-order valence-corrected chi connectivity index (χ1v) is 7.76. The number of amides is 1. The molecule has 1 unspecified atom stereocenters. The molecule has 1 aromatic heterocycles. The highest BCUT2D eigenvalue weighted by Crippen LogP contribution is 2.30. The van der Waals surface area contributed by atoms with Gasteiger partial charge in [0.1, 0.15) is 5.82 Å². The minimum atomic E-state index is 0.131. The summed E-state index contributed by atoms with van der Waals surface area (Å²) < 4.78 is 2.08. The van der Waals surface area contributed by atoms with Gasteiger partial charge in [-0.05, 0) is 18.1 Å². The lowest BCUT2D eigenvalue weighted by Crippen LogP contribution is -2.29. The Balaban J connectivity index is 1.95. The van der Waals surface area contributed by atoms with Gasteiger partial charge in [-0.25, -0.2) is 4.98 Å². The van der Waals surface area contributed by atoms with Gasteiger partial charge < -0.3 is 9.47 Å². The first-order valence-electron chi connectivity index (χ1n) is 7.76. The maximum Gasteiger partial charge on any atom is 0.223 e. The average Bonchev–Trinajstić information content (AvgIpc) is 3.01. The first kappa shape index (κ1) is 14.6. The van der Waals surface area contributed by atoms with E-state index < -0.39 is 0 Å². The van der Waals surface area contributed by atoms with E-state index in [1.54, 1.807) is 0 Å². The molecule has 1 amide bonds. The van der Waals surface area contributed by atoms with Crippen molar-refractivity contribution in [1.82, 2.24) is 14.5 Å². The number of benzene rings is 1. The van der Waals surface area contributed by atoms with Crippen molar-refractivity contribution in [2.75, 3.05) is 13.1 Å². The second kappa shape index (κ2) is 5.84. The van der Waals surface area contributed by atoms with Gasteiger partial charge in [-0.15, -0.1) is 6.42 Å². The Morgan fingerprint density at radius 3 is 2.91 bits per heavy atom. The number of fused-ring (bicyclic) bond motifs is 1. The zero-order chi connectivity index (χ0) is 15.7. The van der Waals surface area contributed by atoms with Gasteiger partial charge in [-0.3, -0.25) is 4.79 Å². The lowest BCUT2D eigenvalue weighted by atomic mass is 10.1. The molecular weight excluding hydrogens is 274 g/mol. The predicted molar refractivity (Wildman–Crippen MR) is 87.3 cm³/mol. The van der Waals surface area contributed by atoms with Gasteiger partial charge in [0.15, 0.2) is 0 Å². The SMILES string of the molecule is C#CCn1c(C2CC(=O)N(CC(C)C)C2)nc2ccccc21. The predicted octanol–water partition coefficient (Wildman–Crippen LogP) is 2.64. The summed E-state index contributed by atoms with van der Waals surface area (Å²) in [6.45, 7) is 6.31. The second-order valence-corrected chi connectivity index (χ2v) is 6.34. The number of terminal acetylenes is 1. The zero-order valence-corrected chi connectivity index (χ0v) is 13.1. The molecule has 4 heteroatoms. The van der Waals surface area contributed by atoms with E-state index in [4.69, 9.17) is 11.4 Å². The van der Waals surface area contributed by atoms with Crippen LogP contribution in [-0.2, 0) is 11.3 Å². The minimum Gasteiger partial charge on any atom is -0.342 e. The first-order chi connectivity index (χ1) is 10.6. The van der Waals surface area contributed by atoms with E-state index in [-0.39, 0.29) is 11.8 Å². The van der Waals surface area contributed by atoms with Crippen LogP contribution < -0.4 is 0 Å². The molecule has 1 saturated heterocycles. The Hall–Kier alpha value is -2.28. The molecule has 22 heavy (non-hydrogen) atoms. The molecule has 0 spiro atoms. The summed E-state index contributed by atoms with van der Waals surface area (Å²) in [5, 5.41) is 0. The fraction of sp³-hybridized carbons (Fsp3) is 0.444. The molecule has 0 saturated carbocycles. The van der Waals surface area contributed by atoms with E-state index in [9.17, 15) is 4.79 Å². The molecule has 3 rings (SSSR count). The molecule has 0 bridgehead atoms. The van der Waals surface area contributed by atoms with Crippen molar-refractivity contribution >= 4 is 16.9 Å². The average molecular weight is 295 g/mol. The van der Waals surface area contributed by atoms with Gasteiger partial charge in [0.05, 0.1) is 17.6 Å². The summed E-state index contributed by atoms with van der Waals surface area (Å²) in [4.78, 5) is 18.9. The fourth-order valence-corrected chi connectivity index (χ4v) is 3.23. The molecule has 1 atom stereocenters. The molecule has 114 valence electrons. The number of aromatic nitrogens is 2. The van der Waals surface area contributed by atoms with Crippen molar-refractivity contribution in [3.8, 4) is 12.3 Å². The third-order valence-electron chi connectivity index (χ3n) is 4.10. The van der Waals surface area contributed by atoms with Crippen LogP contribution in [0.3, 0.4) is 0 Å². The van der Waals surface area contributed by atoms with E-state index in [2.05, 4.69) is 24.3 Å². The fourth-order valence-electron chi connectivity index (χ4n) is 3.23. The van der Waals surface area contributed by atoms with Crippen LogP contribution in [0.5, 0.6) is 0 Å². The Morgan fingerprint density at radius 2 is 2.18 bits per heavy atom. The molecule has 1 aliphatic heterocycles. The van der Waals surface area contributed by atoms with Crippen molar-refractivity contribution in [1.29, 1.82) is 0 Å². The normalized spacial score (nSPS) is 18.4. The quantitative estimate of drug-likeness (QED) is 0.813. The summed E-state index contributed by atoms with van der Waals surface area (Å²) in [5.74, 6) is 4.48. The molecule has 0 radical (unpaired) electrons. The highest BCUT2D eigenvalue weighted by molar-refractivity contribution is 5.81. The third kappa shape index (κ3) is 2.59. The smallest absolute Gasteiger partial charge is 0.223 e. The minimum absolute atomic E-state index is 0.131. The molecule has 0 aliphatic carbocycles. The molecule has 1 aromatic carbocycles. The highest BCUT2D eigenvalue weighted by Gasteiger charge is 2.33. The number of likely N-dealkylation sites (tertiary alicyclic amines) is 1. The Morgan fingerprint density at radius 1 is 1.41 bits per heavy atom. The Kier molecular flexibility index (Phi) is 3.89. The molecule has 4 nitrogen and oxygen atoms in total. The summed E-state index contributed by atoms with van der Waals surface area (Å²) in [7, 11) is 0. The van der Waals surface area contributed by atoms with Gasteiger partial charge in [0.2, 0.25) is 5.91 Å². The van der Waals surface area contributed by atoms with E-state index in [1.165, 1.54) is 0 Å². The molecule has 0 N–H and O–H groups in total. The van der Waals surface area contributed by atoms with Crippen LogP contribution in [-0.4, -0.2) is 33.4 Å². The van der Waals surface area contributed by atoms with E-state index in [1.807, 2.05) is 29.2 Å². The highest BCUT2D eigenvalue weighted by atomic mass is 16.2. The van der Waals surface area contributed by atoms with Crippen molar-refractivity contribution < 1.29 is 4.79 Å². The number of imidazole rings is 1. The van der Waals surface area contributed by atoms with Crippen molar-refractivity contribution in [2.45, 2.75) is 32.7 Å². The van der Waals surface area contributed by atoms with E-state index >= 15 is 0 Å². The number of hydrogen-bond donors (Lipinski definition) is 0. The Labute approximate surface area is 131 Å². The van der Waals surface area contributed by atoms with Crippen LogP contribution in [0.2, 0.25) is 0 Å². The van der Waals surface area contributed by atoms with Crippen LogP contribution >= 0.6 is 0 Å². The number of para-hydroxylation sites is 2. The molecule has 1 fully saturated rings. The number of rotatable bonds is 4. The second-order valence-electron chi connectivity index (χ2n) is 6.34. The summed E-state index contributed by atoms with van der Waals surface area (Å²) in [6.07, 6.45) is 6.05. The standard InChI is InChI=1S/C18H21N3O/c1-4-9-21-16-8-6-5-7-15(16)19-18(21)14-10-17(22)20(12-14)11-13(2)3/h1,5-8,13-14H,9-12H2,2-3H3. The molecular formula is C18H21N3O. The van der Waals surface area contributed by atoms with Gasteiger partial charge in [-0.1, -0.05) is 31.9 Å². The maximum atomic E-state index is 12.2. The van der Waals surface area contributed by atoms with Crippen molar-refractivity contribution in [3.05, 3.63) is 30.1 Å². The zero-order valence-electron chi connectivity index (χ0n) is 13.1. The monoisotopic (exact) mass is 295 g/mol. The number of nitrogens with zero attached hydrogens (tertiary/aromatic N) is 3. The lowest BCUT2D eigenvalue weighted by Gasteiger charge is -2.19. The topological polar surface area (TPSA) is 38.1 Å². The van der Waals surface area contributed by atoms with Crippen molar-refractivity contribution in [2.24, 2.45) is 5.92 Å². The summed E-state index contributed by atoms with van der Waals surface area (Å²) in [5.41, 5.74) is 1.99. The van der Waals surface area contributed by atoms with Crippen LogP contribution in [0, 0.1) is 18.3 Å². The van der Waals surface area contributed by atoms with Gasteiger partial charge in [0.25, 0.3) is 0 Å². The number of hydrogen-bond acceptors (Lipinski definition) is 2. The van der Waals surface area contributed by atoms with E-state index in [0.717, 1.165) is 29.9 Å². The van der Waals surface area contributed by atoms with E-state index in [0.29, 0.717) is 18.9 Å². The van der Waals surface area contributed by atoms with Crippen LogP contribution in [0.25, 0.3) is 11.0 Å². The van der Waals surface area contributed by atoms with Crippen LogP contribution in [0.15, 0.2) is 24.3 Å². The van der Waals surface area contributed by atoms with Crippen molar-refractivity contribution in [3.63, 3.8) is 0 Å². The third-order valence-corrected chi connectivity index (χ3v) is 4.10. The largest absolute Gasteiger partial charge is 0.342 e. The number of carbonyl (C=O) groups is 1. The Bertz CT molecular complexity index is 738. The van der Waals surface area contributed by atoms with Gasteiger partial charge in [0, 0.05) is 25.4 Å². The number of carbonyl (C=O) groups excluding carboxylic acids is 1. The summed E-state index contributed by atoms with van der Waals surface area (Å²) >= 11 is 0. The molecule has 2 heterocycles. The van der Waals surface area contributed by atoms with Gasteiger partial charge in [-0.2, -0.15) is 0 Å². The van der Waals surface area contributed by atoms with Crippen LogP contribution in [0.1, 0.15) is 32.0 Å². The lowest BCUT2D eigenvalue weighted by molar-refractivity contribution is -0.128.